The summed E-state index contributed by atoms with van der Waals surface area (Å²) in [5.41, 5.74) is -0.227. The van der Waals surface area contributed by atoms with Crippen LogP contribution < -0.4 is 5.32 Å². The Bertz CT molecular complexity index is 441. The third kappa shape index (κ3) is 4.61. The Morgan fingerprint density at radius 2 is 2.38 bits per heavy atom. The van der Waals surface area contributed by atoms with Crippen molar-refractivity contribution in [1.82, 2.24) is 4.98 Å². The van der Waals surface area contributed by atoms with Crippen molar-refractivity contribution in [2.75, 3.05) is 5.32 Å². The van der Waals surface area contributed by atoms with Crippen molar-refractivity contribution >= 4 is 27.8 Å². The smallest absolute Gasteiger partial charge is 0.413 e. The van der Waals surface area contributed by atoms with Crippen LogP contribution in [0.25, 0.3) is 0 Å². The highest BCUT2D eigenvalue weighted by Crippen LogP contribution is 2.12. The number of nitrogens with zero attached hydrogens (tertiary/aromatic N) is 1. The summed E-state index contributed by atoms with van der Waals surface area (Å²) >= 11 is 2.90. The average molecular weight is 289 g/mol. The van der Waals surface area contributed by atoms with Gasteiger partial charge in [-0.2, -0.15) is 0 Å². The van der Waals surface area contributed by atoms with Crippen LogP contribution in [0.1, 0.15) is 29.1 Å². The van der Waals surface area contributed by atoms with Crippen molar-refractivity contribution < 1.29 is 12.3 Å². The molecular weight excluding hydrogens is 272 g/mol. The maximum absolute atomic E-state index is 11.5. The van der Waals surface area contributed by atoms with E-state index in [2.05, 4.69) is 26.2 Å². The molecule has 0 aromatic carbocycles. The fourth-order valence-corrected chi connectivity index (χ4v) is 1.21. The van der Waals surface area contributed by atoms with Gasteiger partial charge in [0.1, 0.15) is 11.4 Å². The highest BCUT2D eigenvalue weighted by Gasteiger charge is 2.16. The monoisotopic (exact) mass is 288 g/mol. The maximum Gasteiger partial charge on any atom is 0.413 e. The minimum absolute atomic E-state index is 0.241. The van der Waals surface area contributed by atoms with Crippen LogP contribution in [-0.4, -0.2) is 16.7 Å². The molecule has 0 unspecified atom stereocenters. The fraction of sp³-hybridized carbons (Fsp3) is 0.455. The molecule has 4 nitrogen and oxygen atoms in total. The van der Waals surface area contributed by atoms with Crippen molar-refractivity contribution in [3.8, 4) is 0 Å². The van der Waals surface area contributed by atoms with E-state index in [0.29, 0.717) is 5.56 Å². The van der Waals surface area contributed by atoms with Crippen molar-refractivity contribution in [3.05, 3.63) is 23.9 Å². The first-order chi connectivity index (χ1) is 8.08. The summed E-state index contributed by atoms with van der Waals surface area (Å²) in [7, 11) is 0. The van der Waals surface area contributed by atoms with E-state index in [1.54, 1.807) is 20.8 Å². The van der Waals surface area contributed by atoms with Crippen LogP contribution in [0, 0.1) is 0 Å². The molecule has 0 aliphatic rings. The molecule has 1 amide bonds. The van der Waals surface area contributed by atoms with Crippen LogP contribution >= 0.6 is 15.9 Å². The van der Waals surface area contributed by atoms with Crippen LogP contribution in [0.2, 0.25) is 0 Å². The predicted molar refractivity (Wildman–Crippen MR) is 66.7 cm³/mol. The van der Waals surface area contributed by atoms with E-state index >= 15 is 0 Å². The molecule has 1 rings (SSSR count). The molecule has 1 heterocycles. The van der Waals surface area contributed by atoms with Crippen molar-refractivity contribution in [3.63, 3.8) is 0 Å². The normalized spacial score (nSPS) is 13.8. The van der Waals surface area contributed by atoms with Gasteiger partial charge in [-0.05, 0) is 38.5 Å². The topological polar surface area (TPSA) is 51.2 Å². The molecule has 16 heavy (non-hydrogen) atoms. The molecule has 0 saturated heterocycles. The van der Waals surface area contributed by atoms with E-state index in [0.717, 1.165) is 0 Å². The summed E-state index contributed by atoms with van der Waals surface area (Å²) in [6.45, 7) is 5.27. The predicted octanol–water partition coefficient (Wildman–Crippen LogP) is 3.32. The molecule has 0 radical (unpaired) electrons. The Hall–Kier alpha value is -1.10. The molecule has 0 spiro atoms. The van der Waals surface area contributed by atoms with Gasteiger partial charge in [-0.1, -0.05) is 15.9 Å². The van der Waals surface area contributed by atoms with Gasteiger partial charge in [0.05, 0.1) is 0 Å². The lowest BCUT2D eigenvalue weighted by Crippen LogP contribution is -2.27. The average Bonchev–Trinajstić information content (AvgIpc) is 2.13. The van der Waals surface area contributed by atoms with Gasteiger partial charge in [-0.25, -0.2) is 9.78 Å². The van der Waals surface area contributed by atoms with Crippen LogP contribution in [0.3, 0.4) is 0 Å². The van der Waals surface area contributed by atoms with E-state index in [4.69, 9.17) is 7.48 Å². The van der Waals surface area contributed by atoms with Gasteiger partial charge in [0.2, 0.25) is 0 Å². The second-order valence-corrected chi connectivity index (χ2v) is 4.55. The molecule has 1 aromatic rings. The van der Waals surface area contributed by atoms with E-state index in [1.165, 1.54) is 18.3 Å². The van der Waals surface area contributed by atoms with Crippen molar-refractivity contribution in [2.24, 2.45) is 0 Å². The highest BCUT2D eigenvalue weighted by atomic mass is 79.9. The van der Waals surface area contributed by atoms with Crippen LogP contribution in [0.5, 0.6) is 0 Å². The number of rotatable bonds is 2. The fourth-order valence-electron chi connectivity index (χ4n) is 0.966. The van der Waals surface area contributed by atoms with E-state index < -0.39 is 17.0 Å². The van der Waals surface area contributed by atoms with Gasteiger partial charge in [0.25, 0.3) is 0 Å². The highest BCUT2D eigenvalue weighted by molar-refractivity contribution is 9.08. The van der Waals surface area contributed by atoms with Gasteiger partial charge in [-0.3, -0.25) is 5.32 Å². The van der Waals surface area contributed by atoms with Crippen molar-refractivity contribution in [2.45, 2.75) is 31.7 Å². The molecule has 0 aliphatic heterocycles. The Balaban J connectivity index is 2.77. The molecular formula is C11H15BrN2O2. The number of nitrogens with one attached hydrogen (secondary N) is 1. The minimum Gasteiger partial charge on any atom is -0.444 e. The molecule has 1 N–H and O–H groups in total. The van der Waals surface area contributed by atoms with Crippen molar-refractivity contribution in [1.29, 1.82) is 0 Å². The van der Waals surface area contributed by atoms with Gasteiger partial charge >= 0.3 is 6.09 Å². The third-order valence-electron chi connectivity index (χ3n) is 1.50. The second kappa shape index (κ2) is 5.30. The lowest BCUT2D eigenvalue weighted by atomic mass is 10.2. The minimum atomic E-state index is -1.67. The Labute approximate surface area is 106 Å². The number of pyridine rings is 1. The number of alkyl halides is 1. The Morgan fingerprint density at radius 1 is 1.69 bits per heavy atom. The van der Waals surface area contributed by atoms with E-state index in [-0.39, 0.29) is 5.82 Å². The zero-order valence-electron chi connectivity index (χ0n) is 11.4. The standard InChI is InChI=1S/C11H15BrN2O2/c1-11(2,3)16-10(15)14-9-6-8(7-12)4-5-13-9/h4-6H,7H2,1-3H3,(H,13,14,15)/i7D2. The first-order valence-corrected chi connectivity index (χ1v) is 5.53. The number of hydrogen-bond donors (Lipinski definition) is 1. The van der Waals surface area contributed by atoms with Crippen LogP contribution in [-0.2, 0) is 10.0 Å². The molecule has 1 aromatic heterocycles. The number of carbonyl (C=O) groups is 1. The number of aromatic nitrogens is 1. The first kappa shape index (κ1) is 10.1. The third-order valence-corrected chi connectivity index (χ3v) is 1.96. The Kier molecular flexibility index (Phi) is 3.34. The lowest BCUT2D eigenvalue weighted by molar-refractivity contribution is 0.0635. The molecule has 0 aliphatic carbocycles. The number of ether oxygens (including phenoxy) is 1. The first-order valence-electron chi connectivity index (χ1n) is 5.73. The summed E-state index contributed by atoms with van der Waals surface area (Å²) < 4.78 is 20.1. The number of carbonyl (C=O) groups excluding carboxylic acids is 1. The zero-order valence-corrected chi connectivity index (χ0v) is 11.0. The summed E-state index contributed by atoms with van der Waals surface area (Å²) in [6, 6.07) is 2.97. The molecule has 0 saturated carbocycles. The molecule has 0 fully saturated rings. The number of hydrogen-bond acceptors (Lipinski definition) is 3. The van der Waals surface area contributed by atoms with Gasteiger partial charge in [0.15, 0.2) is 0 Å². The second-order valence-electron chi connectivity index (χ2n) is 4.15. The van der Waals surface area contributed by atoms with Gasteiger partial charge in [-0.15, -0.1) is 0 Å². The summed E-state index contributed by atoms with van der Waals surface area (Å²) in [5.74, 6) is 0.241. The summed E-state index contributed by atoms with van der Waals surface area (Å²) in [5, 5.41) is 0.785. The number of amides is 1. The molecule has 0 bridgehead atoms. The summed E-state index contributed by atoms with van der Waals surface area (Å²) in [4.78, 5) is 15.4. The zero-order chi connectivity index (χ0) is 14.0. The molecule has 5 heteroatoms. The van der Waals surface area contributed by atoms with Gasteiger partial charge in [0, 0.05) is 14.2 Å². The SMILES string of the molecule is [2H]C([2H])(Br)c1ccnc(NC(=O)OC(C)(C)C)c1. The van der Waals surface area contributed by atoms with Crippen LogP contribution in [0.15, 0.2) is 18.3 Å². The number of halogens is 1. The summed E-state index contributed by atoms with van der Waals surface area (Å²) in [6.07, 6.45) is 0.795. The molecule has 0 atom stereocenters. The maximum atomic E-state index is 11.5. The Morgan fingerprint density at radius 3 is 2.94 bits per heavy atom. The van der Waals surface area contributed by atoms with Gasteiger partial charge < -0.3 is 4.74 Å². The lowest BCUT2D eigenvalue weighted by Gasteiger charge is -2.19. The molecule has 88 valence electrons. The van der Waals surface area contributed by atoms with E-state index in [9.17, 15) is 4.79 Å². The van der Waals surface area contributed by atoms with E-state index in [1.807, 2.05) is 0 Å². The quantitative estimate of drug-likeness (QED) is 0.850. The van der Waals surface area contributed by atoms with Crippen LogP contribution in [0.4, 0.5) is 10.6 Å². The largest absolute Gasteiger partial charge is 0.444 e. The number of anilines is 1.